The molecule has 0 amide bonds. The molecule has 4 heteroatoms. The summed E-state index contributed by atoms with van der Waals surface area (Å²) in [7, 11) is 0. The van der Waals surface area contributed by atoms with Gasteiger partial charge in [-0.15, -0.1) is 11.3 Å². The number of nitrogens with two attached hydrogens (primary N) is 1. The molecule has 2 aromatic rings. The van der Waals surface area contributed by atoms with Gasteiger partial charge in [-0.25, -0.2) is 4.98 Å². The van der Waals surface area contributed by atoms with Crippen LogP contribution in [0.1, 0.15) is 35.6 Å². The van der Waals surface area contributed by atoms with Crippen LogP contribution < -0.4 is 10.5 Å². The van der Waals surface area contributed by atoms with E-state index in [0.717, 1.165) is 34.9 Å². The molecule has 0 spiro atoms. The fraction of sp³-hybridized carbons (Fsp3) is 0.400. The quantitative estimate of drug-likeness (QED) is 0.865. The van der Waals surface area contributed by atoms with Crippen molar-refractivity contribution in [1.82, 2.24) is 4.98 Å². The molecule has 2 aliphatic rings. The molecule has 1 aliphatic heterocycles. The van der Waals surface area contributed by atoms with Crippen LogP contribution >= 0.6 is 11.3 Å². The summed E-state index contributed by atoms with van der Waals surface area (Å²) in [4.78, 5) is 6.07. The number of aromatic nitrogens is 1. The van der Waals surface area contributed by atoms with Crippen LogP contribution in [0.25, 0.3) is 11.3 Å². The van der Waals surface area contributed by atoms with E-state index in [1.807, 2.05) is 18.2 Å². The van der Waals surface area contributed by atoms with E-state index >= 15 is 0 Å². The summed E-state index contributed by atoms with van der Waals surface area (Å²) in [6.45, 7) is 0.625. The highest BCUT2D eigenvalue weighted by Gasteiger charge is 2.36. The number of ether oxygens (including phenoxy) is 1. The fourth-order valence-electron chi connectivity index (χ4n) is 3.02. The lowest BCUT2D eigenvalue weighted by Gasteiger charge is -2.19. The molecule has 1 aromatic carbocycles. The highest BCUT2D eigenvalue weighted by Crippen LogP contribution is 2.44. The highest BCUT2D eigenvalue weighted by atomic mass is 32.1. The van der Waals surface area contributed by atoms with E-state index in [2.05, 4.69) is 6.07 Å². The summed E-state index contributed by atoms with van der Waals surface area (Å²) >= 11 is 1.73. The Morgan fingerprint density at radius 2 is 2.00 bits per heavy atom. The zero-order valence-electron chi connectivity index (χ0n) is 10.7. The van der Waals surface area contributed by atoms with Crippen molar-refractivity contribution in [1.29, 1.82) is 0 Å². The summed E-state index contributed by atoms with van der Waals surface area (Å²) in [5.74, 6) is 0.935. The van der Waals surface area contributed by atoms with Crippen molar-refractivity contribution >= 4 is 11.3 Å². The van der Waals surface area contributed by atoms with E-state index in [4.69, 9.17) is 15.5 Å². The van der Waals surface area contributed by atoms with Crippen LogP contribution in [0, 0.1) is 0 Å². The average Bonchev–Trinajstić information content (AvgIpc) is 3.05. The van der Waals surface area contributed by atoms with Gasteiger partial charge in [0.05, 0.1) is 16.1 Å². The first-order valence-electron chi connectivity index (χ1n) is 6.77. The lowest BCUT2D eigenvalue weighted by Crippen LogP contribution is -2.32. The summed E-state index contributed by atoms with van der Waals surface area (Å²) in [5, 5.41) is 1.09. The van der Waals surface area contributed by atoms with Gasteiger partial charge in [0.25, 0.3) is 0 Å². The minimum atomic E-state index is -0.197. The normalized spacial score (nSPS) is 19.6. The molecule has 98 valence electrons. The van der Waals surface area contributed by atoms with E-state index in [1.165, 1.54) is 17.7 Å². The van der Waals surface area contributed by atoms with E-state index < -0.39 is 0 Å². The SMILES string of the molecule is NC1(c2nc3c(s2)COc2ccccc2-3)CCCC1. The summed E-state index contributed by atoms with van der Waals surface area (Å²) in [5.41, 5.74) is 8.51. The van der Waals surface area contributed by atoms with Gasteiger partial charge in [0.2, 0.25) is 0 Å². The standard InChI is InChI=1S/C15H16N2OS/c16-15(7-3-4-8-15)14-17-13-10-5-1-2-6-11(10)18-9-12(13)19-14/h1-2,5-6H,3-4,7-9,16H2. The first kappa shape index (κ1) is 11.4. The molecule has 1 aromatic heterocycles. The molecule has 0 unspecified atom stereocenters. The number of rotatable bonds is 1. The van der Waals surface area contributed by atoms with Gasteiger partial charge < -0.3 is 10.5 Å². The van der Waals surface area contributed by atoms with Crippen LogP contribution in [0.5, 0.6) is 5.75 Å². The fourth-order valence-corrected chi connectivity index (χ4v) is 4.17. The number of para-hydroxylation sites is 1. The monoisotopic (exact) mass is 272 g/mol. The number of thiazole rings is 1. The molecule has 0 bridgehead atoms. The van der Waals surface area contributed by atoms with Crippen LogP contribution in [0.4, 0.5) is 0 Å². The second-order valence-corrected chi connectivity index (χ2v) is 6.52. The predicted molar refractivity (Wildman–Crippen MR) is 76.2 cm³/mol. The van der Waals surface area contributed by atoms with Gasteiger partial charge in [0.15, 0.2) is 0 Å². The smallest absolute Gasteiger partial charge is 0.129 e. The van der Waals surface area contributed by atoms with Crippen molar-refractivity contribution in [2.24, 2.45) is 5.73 Å². The van der Waals surface area contributed by atoms with Crippen LogP contribution in [-0.4, -0.2) is 4.98 Å². The van der Waals surface area contributed by atoms with Crippen LogP contribution in [-0.2, 0) is 12.1 Å². The first-order chi connectivity index (χ1) is 9.26. The molecule has 1 fully saturated rings. The van der Waals surface area contributed by atoms with Gasteiger partial charge in [0.1, 0.15) is 17.4 Å². The minimum Gasteiger partial charge on any atom is -0.487 e. The molecule has 4 rings (SSSR count). The third-order valence-electron chi connectivity index (χ3n) is 4.12. The Kier molecular flexibility index (Phi) is 2.44. The number of nitrogens with zero attached hydrogens (tertiary/aromatic N) is 1. The largest absolute Gasteiger partial charge is 0.487 e. The number of benzene rings is 1. The van der Waals surface area contributed by atoms with Crippen molar-refractivity contribution in [2.75, 3.05) is 0 Å². The van der Waals surface area contributed by atoms with Crippen LogP contribution in [0.2, 0.25) is 0 Å². The van der Waals surface area contributed by atoms with Gasteiger partial charge in [0, 0.05) is 5.56 Å². The summed E-state index contributed by atoms with van der Waals surface area (Å²) in [6.07, 6.45) is 4.55. The highest BCUT2D eigenvalue weighted by molar-refractivity contribution is 7.12. The molecule has 19 heavy (non-hydrogen) atoms. The van der Waals surface area contributed by atoms with Crippen molar-refractivity contribution in [3.63, 3.8) is 0 Å². The van der Waals surface area contributed by atoms with Gasteiger partial charge >= 0.3 is 0 Å². The van der Waals surface area contributed by atoms with Crippen molar-refractivity contribution in [3.8, 4) is 17.0 Å². The third-order valence-corrected chi connectivity index (χ3v) is 5.37. The Balaban J connectivity index is 1.83. The Morgan fingerprint density at radius 1 is 1.21 bits per heavy atom. The maximum atomic E-state index is 6.52. The molecular weight excluding hydrogens is 256 g/mol. The van der Waals surface area contributed by atoms with Gasteiger partial charge in [-0.2, -0.15) is 0 Å². The lowest BCUT2D eigenvalue weighted by atomic mass is 10.0. The van der Waals surface area contributed by atoms with Crippen molar-refractivity contribution in [3.05, 3.63) is 34.2 Å². The predicted octanol–water partition coefficient (Wildman–Crippen LogP) is 3.43. The molecule has 2 N–H and O–H groups in total. The third kappa shape index (κ3) is 1.70. The zero-order valence-corrected chi connectivity index (χ0v) is 11.5. The van der Waals surface area contributed by atoms with Gasteiger partial charge in [-0.1, -0.05) is 25.0 Å². The van der Waals surface area contributed by atoms with Crippen LogP contribution in [0.15, 0.2) is 24.3 Å². The topological polar surface area (TPSA) is 48.1 Å². The van der Waals surface area contributed by atoms with Crippen LogP contribution in [0.3, 0.4) is 0 Å². The van der Waals surface area contributed by atoms with Crippen molar-refractivity contribution < 1.29 is 4.74 Å². The molecule has 0 radical (unpaired) electrons. The van der Waals surface area contributed by atoms with E-state index in [0.29, 0.717) is 6.61 Å². The van der Waals surface area contributed by atoms with E-state index in [1.54, 1.807) is 11.3 Å². The maximum absolute atomic E-state index is 6.52. The number of fused-ring (bicyclic) bond motifs is 3. The molecular formula is C15H16N2OS. The Labute approximate surface area is 116 Å². The molecule has 3 nitrogen and oxygen atoms in total. The molecule has 0 saturated heterocycles. The van der Waals surface area contributed by atoms with Crippen molar-refractivity contribution in [2.45, 2.75) is 37.8 Å². The Morgan fingerprint density at radius 3 is 2.84 bits per heavy atom. The first-order valence-corrected chi connectivity index (χ1v) is 7.59. The summed E-state index contributed by atoms with van der Waals surface area (Å²) < 4.78 is 5.79. The van der Waals surface area contributed by atoms with Gasteiger partial charge in [-0.3, -0.25) is 0 Å². The van der Waals surface area contributed by atoms with E-state index in [-0.39, 0.29) is 5.54 Å². The lowest BCUT2D eigenvalue weighted by molar-refractivity contribution is 0.305. The second kappa shape index (κ2) is 4.05. The molecule has 0 atom stereocenters. The second-order valence-electron chi connectivity index (χ2n) is 5.44. The Hall–Kier alpha value is -1.39. The number of hydrogen-bond donors (Lipinski definition) is 1. The molecule has 1 aliphatic carbocycles. The minimum absolute atomic E-state index is 0.197. The zero-order chi connectivity index (χ0) is 12.9. The van der Waals surface area contributed by atoms with E-state index in [9.17, 15) is 0 Å². The maximum Gasteiger partial charge on any atom is 0.129 e. The summed E-state index contributed by atoms with van der Waals surface area (Å²) in [6, 6.07) is 8.11. The Bertz CT molecular complexity index is 629. The molecule has 2 heterocycles. The number of hydrogen-bond acceptors (Lipinski definition) is 4. The molecule has 1 saturated carbocycles. The van der Waals surface area contributed by atoms with Gasteiger partial charge in [-0.05, 0) is 25.0 Å². The average molecular weight is 272 g/mol.